The van der Waals surface area contributed by atoms with Gasteiger partial charge in [0.1, 0.15) is 0 Å². The Balaban J connectivity index is 0.00000196. The molecular weight excluding hydrogens is 397 g/mol. The average Bonchev–Trinajstić information content (AvgIpc) is 2.67. The van der Waals surface area contributed by atoms with Crippen molar-refractivity contribution >= 4 is 36.7 Å². The van der Waals surface area contributed by atoms with Gasteiger partial charge in [0.15, 0.2) is 5.84 Å². The molecule has 0 bridgehead atoms. The fourth-order valence-electron chi connectivity index (χ4n) is 3.42. The minimum Gasteiger partial charge on any atom is -0.409 e. The van der Waals surface area contributed by atoms with Crippen LogP contribution in [0.4, 0.5) is 0 Å². The Labute approximate surface area is 178 Å². The number of hydrogen-bond donors (Lipinski definition) is 3. The smallest absolute Gasteiger partial charge is 0.162 e. The third-order valence-electron chi connectivity index (χ3n) is 4.74. The van der Waals surface area contributed by atoms with Gasteiger partial charge in [-0.1, -0.05) is 59.8 Å². The van der Waals surface area contributed by atoms with Gasteiger partial charge in [-0.05, 0) is 34.8 Å². The number of aliphatic hydroxyl groups is 1. The molecule has 1 heterocycles. The van der Waals surface area contributed by atoms with Crippen molar-refractivity contribution in [1.82, 2.24) is 4.90 Å². The number of fused-ring (bicyclic) bond motifs is 1. The first-order valence-corrected chi connectivity index (χ1v) is 8.86. The second-order valence-electron chi connectivity index (χ2n) is 6.67. The van der Waals surface area contributed by atoms with Gasteiger partial charge in [-0.2, -0.15) is 0 Å². The van der Waals surface area contributed by atoms with Crippen LogP contribution in [-0.2, 0) is 19.4 Å². The molecule has 28 heavy (non-hydrogen) atoms. The number of benzene rings is 2. The molecule has 0 saturated heterocycles. The predicted octanol–water partition coefficient (Wildman–Crippen LogP) is 3.25. The molecule has 1 aliphatic rings. The minimum atomic E-state index is -0.446. The third kappa shape index (κ3) is 6.53. The molecule has 1 aliphatic heterocycles. The lowest BCUT2D eigenvalue weighted by Crippen LogP contribution is -2.37. The summed E-state index contributed by atoms with van der Waals surface area (Å²) in [6, 6.07) is 16.4. The zero-order valence-electron chi connectivity index (χ0n) is 15.6. The van der Waals surface area contributed by atoms with Gasteiger partial charge in [-0.15, -0.1) is 24.8 Å². The summed E-state index contributed by atoms with van der Waals surface area (Å²) in [6.07, 6.45) is 4.50. The number of nitrogens with two attached hydrogens (primary N) is 1. The van der Waals surface area contributed by atoms with Crippen LogP contribution >= 0.6 is 24.8 Å². The molecule has 3 rings (SSSR count). The fourth-order valence-corrected chi connectivity index (χ4v) is 3.42. The lowest BCUT2D eigenvalue weighted by atomic mass is 9.98. The van der Waals surface area contributed by atoms with Crippen LogP contribution in [-0.4, -0.2) is 40.2 Å². The molecule has 152 valence electrons. The van der Waals surface area contributed by atoms with E-state index < -0.39 is 6.10 Å². The Kier molecular flexibility index (Phi) is 10.0. The van der Waals surface area contributed by atoms with Crippen LogP contribution in [0.5, 0.6) is 0 Å². The van der Waals surface area contributed by atoms with Crippen molar-refractivity contribution in [3.63, 3.8) is 0 Å². The maximum absolute atomic E-state index is 10.6. The summed E-state index contributed by atoms with van der Waals surface area (Å²) in [4.78, 5) is 2.31. The van der Waals surface area contributed by atoms with E-state index in [0.717, 1.165) is 30.6 Å². The number of oxime groups is 1. The Morgan fingerprint density at radius 2 is 1.79 bits per heavy atom. The highest BCUT2D eigenvalue weighted by Crippen LogP contribution is 2.19. The Morgan fingerprint density at radius 3 is 2.54 bits per heavy atom. The van der Waals surface area contributed by atoms with Crippen molar-refractivity contribution in [2.24, 2.45) is 10.9 Å². The summed E-state index contributed by atoms with van der Waals surface area (Å²) in [7, 11) is 0. The summed E-state index contributed by atoms with van der Waals surface area (Å²) in [6.45, 7) is 2.50. The lowest BCUT2D eigenvalue weighted by Gasteiger charge is -2.30. The number of halogens is 2. The van der Waals surface area contributed by atoms with Crippen LogP contribution in [0.25, 0.3) is 6.08 Å². The van der Waals surface area contributed by atoms with E-state index >= 15 is 0 Å². The Hall–Kier alpha value is -2.05. The molecule has 2 aromatic rings. The van der Waals surface area contributed by atoms with Crippen LogP contribution in [0.2, 0.25) is 0 Å². The molecule has 4 N–H and O–H groups in total. The lowest BCUT2D eigenvalue weighted by molar-refractivity contribution is 0.105. The van der Waals surface area contributed by atoms with Gasteiger partial charge in [-0.3, -0.25) is 4.90 Å². The largest absolute Gasteiger partial charge is 0.409 e. The molecule has 1 atom stereocenters. The second kappa shape index (κ2) is 11.7. The maximum Gasteiger partial charge on any atom is 0.162 e. The van der Waals surface area contributed by atoms with Gasteiger partial charge in [0.2, 0.25) is 0 Å². The number of nitrogens with zero attached hydrogens (tertiary/aromatic N) is 2. The van der Waals surface area contributed by atoms with E-state index in [1.165, 1.54) is 11.1 Å². The number of amidine groups is 1. The third-order valence-corrected chi connectivity index (χ3v) is 4.74. The number of β-amino-alcohol motifs (C(OH)–C–C–N with tert-alkyl or cyclic N) is 1. The van der Waals surface area contributed by atoms with Crippen LogP contribution in [0.15, 0.2) is 59.8 Å². The van der Waals surface area contributed by atoms with E-state index in [2.05, 4.69) is 34.3 Å². The van der Waals surface area contributed by atoms with Crippen molar-refractivity contribution < 1.29 is 10.3 Å². The minimum absolute atomic E-state index is 0. The molecular formula is C21H27Cl2N3O2. The Morgan fingerprint density at radius 1 is 1.11 bits per heavy atom. The molecule has 0 spiro atoms. The molecule has 1 unspecified atom stereocenters. The van der Waals surface area contributed by atoms with Gasteiger partial charge in [0.25, 0.3) is 0 Å². The van der Waals surface area contributed by atoms with Gasteiger partial charge < -0.3 is 16.0 Å². The van der Waals surface area contributed by atoms with Gasteiger partial charge >= 0.3 is 0 Å². The second-order valence-corrected chi connectivity index (χ2v) is 6.67. The SMILES string of the molecule is Cl.Cl.NC(C=Cc1ccccc1CC(O)CN1CCc2ccccc2C1)=NO. The highest BCUT2D eigenvalue weighted by Gasteiger charge is 2.19. The molecule has 7 heteroatoms. The summed E-state index contributed by atoms with van der Waals surface area (Å²) >= 11 is 0. The highest BCUT2D eigenvalue weighted by molar-refractivity contribution is 5.94. The van der Waals surface area contributed by atoms with E-state index in [1.807, 2.05) is 24.3 Å². The molecule has 0 radical (unpaired) electrons. The first-order chi connectivity index (χ1) is 12.7. The van der Waals surface area contributed by atoms with Crippen molar-refractivity contribution in [1.29, 1.82) is 0 Å². The van der Waals surface area contributed by atoms with E-state index in [9.17, 15) is 5.11 Å². The van der Waals surface area contributed by atoms with Gasteiger partial charge in [0, 0.05) is 26.1 Å². The Bertz CT molecular complexity index is 812. The normalized spacial score (nSPS) is 15.4. The highest BCUT2D eigenvalue weighted by atomic mass is 35.5. The summed E-state index contributed by atoms with van der Waals surface area (Å²) in [5.41, 5.74) is 10.3. The monoisotopic (exact) mass is 423 g/mol. The molecule has 2 aromatic carbocycles. The molecule has 5 nitrogen and oxygen atoms in total. The summed E-state index contributed by atoms with van der Waals surface area (Å²) in [5.74, 6) is 0.0485. The van der Waals surface area contributed by atoms with Gasteiger partial charge in [0.05, 0.1) is 6.10 Å². The fraction of sp³-hybridized carbons (Fsp3) is 0.286. The molecule has 0 amide bonds. The van der Waals surface area contributed by atoms with E-state index in [0.29, 0.717) is 13.0 Å². The molecule has 0 aliphatic carbocycles. The van der Waals surface area contributed by atoms with Crippen LogP contribution in [0, 0.1) is 0 Å². The summed E-state index contributed by atoms with van der Waals surface area (Å²) in [5, 5.41) is 22.2. The average molecular weight is 424 g/mol. The van der Waals surface area contributed by atoms with Crippen molar-refractivity contribution in [2.45, 2.75) is 25.5 Å². The first-order valence-electron chi connectivity index (χ1n) is 8.86. The quantitative estimate of drug-likeness (QED) is 0.288. The molecule has 0 saturated carbocycles. The van der Waals surface area contributed by atoms with Crippen LogP contribution < -0.4 is 5.73 Å². The van der Waals surface area contributed by atoms with Crippen molar-refractivity contribution in [2.75, 3.05) is 13.1 Å². The van der Waals surface area contributed by atoms with E-state index in [-0.39, 0.29) is 30.6 Å². The van der Waals surface area contributed by atoms with E-state index in [4.69, 9.17) is 10.9 Å². The number of aliphatic hydroxyl groups excluding tert-OH is 1. The number of hydrogen-bond acceptors (Lipinski definition) is 4. The topological polar surface area (TPSA) is 82.1 Å². The van der Waals surface area contributed by atoms with Crippen molar-refractivity contribution in [3.8, 4) is 0 Å². The predicted molar refractivity (Wildman–Crippen MR) is 119 cm³/mol. The van der Waals surface area contributed by atoms with Crippen LogP contribution in [0.1, 0.15) is 22.3 Å². The zero-order chi connectivity index (χ0) is 18.4. The zero-order valence-corrected chi connectivity index (χ0v) is 17.2. The van der Waals surface area contributed by atoms with E-state index in [1.54, 1.807) is 12.2 Å². The summed E-state index contributed by atoms with van der Waals surface area (Å²) < 4.78 is 0. The maximum atomic E-state index is 10.6. The number of rotatable bonds is 6. The van der Waals surface area contributed by atoms with Crippen LogP contribution in [0.3, 0.4) is 0 Å². The first kappa shape index (κ1) is 24.0. The van der Waals surface area contributed by atoms with Crippen molar-refractivity contribution in [3.05, 3.63) is 76.9 Å². The molecule has 0 aromatic heterocycles. The van der Waals surface area contributed by atoms with Gasteiger partial charge in [-0.25, -0.2) is 0 Å². The molecule has 0 fully saturated rings. The standard InChI is InChI=1S/C21H25N3O2.2ClH/c22-21(23-26)10-9-16-5-1-3-7-18(16)13-20(25)15-24-12-11-17-6-2-4-8-19(17)14-24;;/h1-10,20,25-26H,11-15H2,(H2,22,23);2*1H.